The molecule has 4 aromatic rings. The Bertz CT molecular complexity index is 1100. The Morgan fingerprint density at radius 1 is 1.00 bits per heavy atom. The third-order valence-electron chi connectivity index (χ3n) is 4.44. The zero-order chi connectivity index (χ0) is 19.5. The van der Waals surface area contributed by atoms with E-state index in [-0.39, 0.29) is 5.91 Å². The molecule has 6 heteroatoms. The summed E-state index contributed by atoms with van der Waals surface area (Å²) in [5, 5.41) is 7.69. The predicted octanol–water partition coefficient (Wildman–Crippen LogP) is 4.95. The van der Waals surface area contributed by atoms with Crippen molar-refractivity contribution < 1.29 is 4.79 Å². The van der Waals surface area contributed by atoms with Gasteiger partial charge in [-0.2, -0.15) is 5.10 Å². The van der Waals surface area contributed by atoms with Gasteiger partial charge in [0.25, 0.3) is 5.91 Å². The standard InChI is InChI=1S/C22H20N4OS/c1-16-20(21(27)23-17-9-8-12-19(15-17)28-2)22(25-13-6-7-14-25)26(24-16)18-10-4-3-5-11-18/h3-15H,1-2H3,(H,23,27). The van der Waals surface area contributed by atoms with Crippen LogP contribution in [0.15, 0.2) is 84.0 Å². The maximum Gasteiger partial charge on any atom is 0.261 e. The second-order valence-corrected chi connectivity index (χ2v) is 7.19. The summed E-state index contributed by atoms with van der Waals surface area (Å²) in [5.41, 5.74) is 2.89. The van der Waals surface area contributed by atoms with Crippen molar-refractivity contribution in [2.24, 2.45) is 0 Å². The van der Waals surface area contributed by atoms with E-state index in [0.717, 1.165) is 16.3 Å². The quantitative estimate of drug-likeness (QED) is 0.492. The highest BCUT2D eigenvalue weighted by Gasteiger charge is 2.23. The Balaban J connectivity index is 1.80. The van der Waals surface area contributed by atoms with E-state index >= 15 is 0 Å². The van der Waals surface area contributed by atoms with Crippen molar-refractivity contribution in [3.05, 3.63) is 90.4 Å². The van der Waals surface area contributed by atoms with Crippen LogP contribution in [0.4, 0.5) is 5.69 Å². The van der Waals surface area contributed by atoms with Gasteiger partial charge in [-0.1, -0.05) is 24.3 Å². The van der Waals surface area contributed by atoms with Gasteiger partial charge in [0.1, 0.15) is 5.56 Å². The minimum Gasteiger partial charge on any atom is -0.322 e. The molecule has 1 N–H and O–H groups in total. The second-order valence-electron chi connectivity index (χ2n) is 6.31. The average molecular weight is 388 g/mol. The van der Waals surface area contributed by atoms with E-state index in [0.29, 0.717) is 17.1 Å². The molecule has 0 aliphatic heterocycles. The molecule has 0 aliphatic carbocycles. The molecule has 4 rings (SSSR count). The van der Waals surface area contributed by atoms with E-state index in [1.54, 1.807) is 11.8 Å². The number of nitrogens with one attached hydrogen (secondary N) is 1. The Hall–Kier alpha value is -3.25. The van der Waals surface area contributed by atoms with Crippen molar-refractivity contribution >= 4 is 23.4 Å². The lowest BCUT2D eigenvalue weighted by molar-refractivity contribution is 0.102. The number of anilines is 1. The van der Waals surface area contributed by atoms with E-state index in [2.05, 4.69) is 10.4 Å². The monoisotopic (exact) mass is 388 g/mol. The molecule has 0 spiro atoms. The second kappa shape index (κ2) is 7.78. The minimum atomic E-state index is -0.179. The van der Waals surface area contributed by atoms with Crippen molar-refractivity contribution in [2.45, 2.75) is 11.8 Å². The van der Waals surface area contributed by atoms with Crippen LogP contribution < -0.4 is 5.32 Å². The van der Waals surface area contributed by atoms with Crippen LogP contribution in [0.3, 0.4) is 0 Å². The summed E-state index contributed by atoms with van der Waals surface area (Å²) in [5.74, 6) is 0.536. The molecule has 5 nitrogen and oxygen atoms in total. The van der Waals surface area contributed by atoms with Crippen LogP contribution in [0, 0.1) is 6.92 Å². The molecular formula is C22H20N4OS. The largest absolute Gasteiger partial charge is 0.322 e. The highest BCUT2D eigenvalue weighted by molar-refractivity contribution is 7.98. The summed E-state index contributed by atoms with van der Waals surface area (Å²) in [6.45, 7) is 1.86. The van der Waals surface area contributed by atoms with Gasteiger partial charge < -0.3 is 9.88 Å². The molecule has 0 bridgehead atoms. The van der Waals surface area contributed by atoms with Gasteiger partial charge >= 0.3 is 0 Å². The van der Waals surface area contributed by atoms with Gasteiger partial charge in [0.05, 0.1) is 11.4 Å². The maximum atomic E-state index is 13.2. The van der Waals surface area contributed by atoms with Crippen molar-refractivity contribution in [3.63, 3.8) is 0 Å². The number of nitrogens with zero attached hydrogens (tertiary/aromatic N) is 3. The molecular weight excluding hydrogens is 368 g/mol. The number of thioether (sulfide) groups is 1. The molecule has 0 saturated heterocycles. The summed E-state index contributed by atoms with van der Waals surface area (Å²) in [6.07, 6.45) is 5.85. The molecule has 0 aliphatic rings. The maximum absolute atomic E-state index is 13.2. The van der Waals surface area contributed by atoms with Crippen LogP contribution in [-0.2, 0) is 0 Å². The molecule has 0 radical (unpaired) electrons. The Labute approximate surface area is 168 Å². The van der Waals surface area contributed by atoms with Crippen molar-refractivity contribution in [1.82, 2.24) is 14.3 Å². The van der Waals surface area contributed by atoms with Gasteiger partial charge in [-0.05, 0) is 55.6 Å². The number of hydrogen-bond donors (Lipinski definition) is 1. The van der Waals surface area contributed by atoms with Crippen molar-refractivity contribution in [1.29, 1.82) is 0 Å². The van der Waals surface area contributed by atoms with Crippen LogP contribution in [-0.4, -0.2) is 26.5 Å². The van der Waals surface area contributed by atoms with Gasteiger partial charge in [0, 0.05) is 23.0 Å². The topological polar surface area (TPSA) is 51.9 Å². The van der Waals surface area contributed by atoms with Crippen molar-refractivity contribution in [2.75, 3.05) is 11.6 Å². The van der Waals surface area contributed by atoms with E-state index in [1.165, 1.54) is 0 Å². The highest BCUT2D eigenvalue weighted by atomic mass is 32.2. The van der Waals surface area contributed by atoms with E-state index in [4.69, 9.17) is 0 Å². The first-order chi connectivity index (χ1) is 13.7. The summed E-state index contributed by atoms with van der Waals surface area (Å²) in [7, 11) is 0. The number of carbonyl (C=O) groups excluding carboxylic acids is 1. The van der Waals surface area contributed by atoms with Crippen LogP contribution in [0.5, 0.6) is 0 Å². The van der Waals surface area contributed by atoms with Crippen LogP contribution >= 0.6 is 11.8 Å². The molecule has 2 heterocycles. The van der Waals surface area contributed by atoms with Gasteiger partial charge in [-0.15, -0.1) is 11.8 Å². The van der Waals surface area contributed by atoms with E-state index in [1.807, 2.05) is 102 Å². The number of benzene rings is 2. The SMILES string of the molecule is CSc1cccc(NC(=O)c2c(C)nn(-c3ccccc3)c2-n2cccc2)c1. The number of para-hydroxylation sites is 1. The van der Waals surface area contributed by atoms with Gasteiger partial charge in [-0.3, -0.25) is 4.79 Å². The normalized spacial score (nSPS) is 10.8. The summed E-state index contributed by atoms with van der Waals surface area (Å²) < 4.78 is 3.72. The first-order valence-electron chi connectivity index (χ1n) is 8.91. The Morgan fingerprint density at radius 3 is 2.46 bits per heavy atom. The Morgan fingerprint density at radius 2 is 1.75 bits per heavy atom. The third kappa shape index (κ3) is 3.46. The summed E-state index contributed by atoms with van der Waals surface area (Å²) in [6, 6.07) is 21.5. The number of aryl methyl sites for hydroxylation is 1. The number of carbonyl (C=O) groups is 1. The summed E-state index contributed by atoms with van der Waals surface area (Å²) >= 11 is 1.64. The zero-order valence-electron chi connectivity index (χ0n) is 15.7. The van der Waals surface area contributed by atoms with Gasteiger partial charge in [0.2, 0.25) is 0 Å². The molecule has 140 valence electrons. The fourth-order valence-electron chi connectivity index (χ4n) is 3.14. The third-order valence-corrected chi connectivity index (χ3v) is 5.17. The Kier molecular flexibility index (Phi) is 5.04. The molecule has 2 aromatic carbocycles. The lowest BCUT2D eigenvalue weighted by atomic mass is 10.2. The predicted molar refractivity (Wildman–Crippen MR) is 114 cm³/mol. The average Bonchev–Trinajstić information content (AvgIpc) is 3.36. The van der Waals surface area contributed by atoms with Crippen LogP contribution in [0.25, 0.3) is 11.5 Å². The highest BCUT2D eigenvalue weighted by Crippen LogP contribution is 2.25. The molecule has 0 saturated carbocycles. The molecule has 2 aromatic heterocycles. The van der Waals surface area contributed by atoms with E-state index < -0.39 is 0 Å². The number of hydrogen-bond acceptors (Lipinski definition) is 3. The lowest BCUT2D eigenvalue weighted by Gasteiger charge is -2.11. The fraction of sp³-hybridized carbons (Fsp3) is 0.0909. The van der Waals surface area contributed by atoms with Crippen LogP contribution in [0.2, 0.25) is 0 Å². The molecule has 28 heavy (non-hydrogen) atoms. The molecule has 0 atom stereocenters. The summed E-state index contributed by atoms with van der Waals surface area (Å²) in [4.78, 5) is 14.3. The smallest absolute Gasteiger partial charge is 0.261 e. The number of aromatic nitrogens is 3. The molecule has 0 fully saturated rings. The van der Waals surface area contributed by atoms with Gasteiger partial charge in [-0.25, -0.2) is 4.68 Å². The molecule has 1 amide bonds. The fourth-order valence-corrected chi connectivity index (χ4v) is 3.60. The van der Waals surface area contributed by atoms with Crippen molar-refractivity contribution in [3.8, 4) is 11.5 Å². The first kappa shape index (κ1) is 18.1. The zero-order valence-corrected chi connectivity index (χ0v) is 16.5. The number of rotatable bonds is 5. The molecule has 0 unspecified atom stereocenters. The van der Waals surface area contributed by atoms with Crippen LogP contribution in [0.1, 0.15) is 16.1 Å². The minimum absolute atomic E-state index is 0.179. The van der Waals surface area contributed by atoms with E-state index in [9.17, 15) is 4.79 Å². The van der Waals surface area contributed by atoms with Gasteiger partial charge in [0.15, 0.2) is 5.82 Å². The lowest BCUT2D eigenvalue weighted by Crippen LogP contribution is -2.16. The first-order valence-corrected chi connectivity index (χ1v) is 10.1. The number of amides is 1.